The fourth-order valence-corrected chi connectivity index (χ4v) is 0.441. The van der Waals surface area contributed by atoms with Crippen LogP contribution in [0.25, 0.3) is 0 Å². The van der Waals surface area contributed by atoms with Gasteiger partial charge in [-0.15, -0.1) is 0 Å². The summed E-state index contributed by atoms with van der Waals surface area (Å²) in [6.07, 6.45) is 3.60. The van der Waals surface area contributed by atoms with Crippen molar-refractivity contribution in [3.05, 3.63) is 36.6 Å². The van der Waals surface area contributed by atoms with Gasteiger partial charge in [-0.05, 0) is 12.5 Å². The van der Waals surface area contributed by atoms with E-state index < -0.39 is 0 Å². The van der Waals surface area contributed by atoms with E-state index in [0.717, 1.165) is 5.57 Å². The van der Waals surface area contributed by atoms with E-state index in [1.807, 2.05) is 0 Å². The molecule has 0 spiro atoms. The summed E-state index contributed by atoms with van der Waals surface area (Å²) in [5.74, 6) is -0.000843. The Morgan fingerprint density at radius 3 is 2.30 bits per heavy atom. The number of aliphatic hydroxyl groups excluding tert-OH is 2. The summed E-state index contributed by atoms with van der Waals surface area (Å²) in [7, 11) is 0. The Bertz CT molecular complexity index is 157. The van der Waals surface area contributed by atoms with Crippen LogP contribution in [-0.2, 0) is 0 Å². The lowest BCUT2D eigenvalue weighted by atomic mass is 10.2. The van der Waals surface area contributed by atoms with E-state index in [0.29, 0.717) is 6.42 Å². The molecule has 0 aliphatic rings. The van der Waals surface area contributed by atoms with Crippen LogP contribution in [-0.4, -0.2) is 16.8 Å². The number of hydrogen-bond donors (Lipinski definition) is 2. The van der Waals surface area contributed by atoms with Crippen LogP contribution < -0.4 is 0 Å². The Balaban J connectivity index is 3.67. The maximum atomic E-state index is 8.58. The summed E-state index contributed by atoms with van der Waals surface area (Å²) in [4.78, 5) is 0. The predicted octanol–water partition coefficient (Wildman–Crippen LogP) is 1.55. The summed E-state index contributed by atoms with van der Waals surface area (Å²) >= 11 is 0. The van der Waals surface area contributed by atoms with Crippen LogP contribution >= 0.6 is 0 Å². The van der Waals surface area contributed by atoms with Gasteiger partial charge >= 0.3 is 0 Å². The molecule has 0 atom stereocenters. The van der Waals surface area contributed by atoms with E-state index in [1.165, 1.54) is 6.08 Å². The Labute approximate surface area is 60.8 Å². The summed E-state index contributed by atoms with van der Waals surface area (Å²) in [5, 5.41) is 17.0. The molecule has 0 unspecified atom stereocenters. The summed E-state index contributed by atoms with van der Waals surface area (Å²) in [6.45, 7) is 6.95. The standard InChI is InChI=1S/C8H12O2/c1-7(5-6-9)3-4-8(2)10/h3-4,9-10H,1-2,5-6H2/b4-3-. The van der Waals surface area contributed by atoms with Gasteiger partial charge in [-0.1, -0.05) is 24.8 Å². The van der Waals surface area contributed by atoms with Crippen LogP contribution in [0, 0.1) is 0 Å². The molecule has 0 heterocycles. The van der Waals surface area contributed by atoms with Crippen molar-refractivity contribution in [2.75, 3.05) is 6.61 Å². The minimum absolute atomic E-state index is 0.000843. The minimum Gasteiger partial charge on any atom is -0.509 e. The van der Waals surface area contributed by atoms with Crippen LogP contribution in [0.1, 0.15) is 6.42 Å². The topological polar surface area (TPSA) is 40.5 Å². The zero-order valence-corrected chi connectivity index (χ0v) is 5.88. The van der Waals surface area contributed by atoms with Crippen molar-refractivity contribution < 1.29 is 10.2 Å². The molecule has 0 aromatic heterocycles. The van der Waals surface area contributed by atoms with Gasteiger partial charge < -0.3 is 10.2 Å². The lowest BCUT2D eigenvalue weighted by Crippen LogP contribution is -1.82. The number of hydrogen-bond acceptors (Lipinski definition) is 2. The van der Waals surface area contributed by atoms with E-state index in [2.05, 4.69) is 13.2 Å². The van der Waals surface area contributed by atoms with Gasteiger partial charge in [-0.25, -0.2) is 0 Å². The van der Waals surface area contributed by atoms with Gasteiger partial charge in [0, 0.05) is 6.61 Å². The van der Waals surface area contributed by atoms with Gasteiger partial charge in [0.15, 0.2) is 0 Å². The van der Waals surface area contributed by atoms with Gasteiger partial charge in [0.2, 0.25) is 0 Å². The SMILES string of the molecule is C=C(O)/C=C\C(=C)CCO. The summed E-state index contributed by atoms with van der Waals surface area (Å²) in [6, 6.07) is 0. The molecule has 2 heteroatoms. The Morgan fingerprint density at radius 2 is 1.90 bits per heavy atom. The van der Waals surface area contributed by atoms with Crippen molar-refractivity contribution >= 4 is 0 Å². The van der Waals surface area contributed by atoms with Gasteiger partial charge in [0.05, 0.1) is 0 Å². The van der Waals surface area contributed by atoms with Crippen LogP contribution in [0.3, 0.4) is 0 Å². The quantitative estimate of drug-likeness (QED) is 0.459. The highest BCUT2D eigenvalue weighted by Gasteiger charge is 1.85. The third-order valence-electron chi connectivity index (χ3n) is 0.944. The monoisotopic (exact) mass is 140 g/mol. The van der Waals surface area contributed by atoms with E-state index >= 15 is 0 Å². The minimum atomic E-state index is -0.000843. The van der Waals surface area contributed by atoms with Crippen molar-refractivity contribution in [3.8, 4) is 0 Å². The molecule has 2 nitrogen and oxygen atoms in total. The highest BCUT2D eigenvalue weighted by atomic mass is 16.3. The van der Waals surface area contributed by atoms with Gasteiger partial charge in [-0.3, -0.25) is 0 Å². The molecule has 0 radical (unpaired) electrons. The molecule has 2 N–H and O–H groups in total. The average molecular weight is 140 g/mol. The molecular weight excluding hydrogens is 128 g/mol. The molecule has 0 bridgehead atoms. The van der Waals surface area contributed by atoms with Crippen molar-refractivity contribution in [1.29, 1.82) is 0 Å². The fourth-order valence-electron chi connectivity index (χ4n) is 0.441. The van der Waals surface area contributed by atoms with Crippen LogP contribution in [0.15, 0.2) is 36.6 Å². The van der Waals surface area contributed by atoms with Crippen LogP contribution in [0.4, 0.5) is 0 Å². The van der Waals surface area contributed by atoms with Crippen LogP contribution in [0.2, 0.25) is 0 Å². The molecule has 0 aromatic carbocycles. The molecule has 10 heavy (non-hydrogen) atoms. The molecule has 0 saturated heterocycles. The van der Waals surface area contributed by atoms with Crippen molar-refractivity contribution in [2.24, 2.45) is 0 Å². The first-order chi connectivity index (χ1) is 4.66. The first kappa shape index (κ1) is 8.98. The Morgan fingerprint density at radius 1 is 1.30 bits per heavy atom. The molecule has 0 rings (SSSR count). The average Bonchev–Trinajstić information content (AvgIpc) is 1.85. The second-order valence-corrected chi connectivity index (χ2v) is 1.96. The lowest BCUT2D eigenvalue weighted by Gasteiger charge is -1.93. The Kier molecular flexibility index (Phi) is 4.33. The molecule has 0 amide bonds. The molecule has 0 aliphatic heterocycles. The maximum absolute atomic E-state index is 8.58. The van der Waals surface area contributed by atoms with E-state index in [-0.39, 0.29) is 12.4 Å². The summed E-state index contributed by atoms with van der Waals surface area (Å²) < 4.78 is 0. The summed E-state index contributed by atoms with van der Waals surface area (Å²) in [5.41, 5.74) is 0.776. The second-order valence-electron chi connectivity index (χ2n) is 1.96. The third kappa shape index (κ3) is 5.12. The number of aliphatic hydroxyl groups is 2. The molecule has 0 saturated carbocycles. The normalized spacial score (nSPS) is 10.1. The van der Waals surface area contributed by atoms with Crippen molar-refractivity contribution in [1.82, 2.24) is 0 Å². The number of allylic oxidation sites excluding steroid dienone is 2. The van der Waals surface area contributed by atoms with E-state index in [4.69, 9.17) is 10.2 Å². The van der Waals surface area contributed by atoms with Crippen LogP contribution in [0.5, 0.6) is 0 Å². The molecule has 0 fully saturated rings. The highest BCUT2D eigenvalue weighted by molar-refractivity contribution is 5.20. The zero-order valence-electron chi connectivity index (χ0n) is 5.88. The lowest BCUT2D eigenvalue weighted by molar-refractivity contribution is 0.300. The van der Waals surface area contributed by atoms with E-state index in [9.17, 15) is 0 Å². The zero-order chi connectivity index (χ0) is 7.98. The number of rotatable bonds is 4. The highest BCUT2D eigenvalue weighted by Crippen LogP contribution is 1.99. The predicted molar refractivity (Wildman–Crippen MR) is 41.8 cm³/mol. The largest absolute Gasteiger partial charge is 0.509 e. The fraction of sp³-hybridized carbons (Fsp3) is 0.250. The van der Waals surface area contributed by atoms with E-state index in [1.54, 1.807) is 6.08 Å². The Hall–Kier alpha value is -1.02. The second kappa shape index (κ2) is 4.82. The smallest absolute Gasteiger partial charge is 0.108 e. The molecule has 0 aromatic rings. The van der Waals surface area contributed by atoms with Crippen molar-refractivity contribution in [2.45, 2.75) is 6.42 Å². The van der Waals surface area contributed by atoms with Crippen molar-refractivity contribution in [3.63, 3.8) is 0 Å². The molecular formula is C8H12O2. The molecule has 56 valence electrons. The maximum Gasteiger partial charge on any atom is 0.108 e. The first-order valence-electron chi connectivity index (χ1n) is 3.01. The molecule has 0 aliphatic carbocycles. The first-order valence-corrected chi connectivity index (χ1v) is 3.01. The van der Waals surface area contributed by atoms with Gasteiger partial charge in [-0.2, -0.15) is 0 Å². The third-order valence-corrected chi connectivity index (χ3v) is 0.944. The van der Waals surface area contributed by atoms with Gasteiger partial charge in [0.1, 0.15) is 5.76 Å². The van der Waals surface area contributed by atoms with Gasteiger partial charge in [0.25, 0.3) is 0 Å².